The maximum atomic E-state index is 11.3. The van der Waals surface area contributed by atoms with Gasteiger partial charge in [-0.15, -0.1) is 0 Å². The van der Waals surface area contributed by atoms with Crippen LogP contribution in [0.5, 0.6) is 0 Å². The Morgan fingerprint density at radius 3 is 3.07 bits per heavy atom. The van der Waals surface area contributed by atoms with Crippen LogP contribution in [0.3, 0.4) is 0 Å². The van der Waals surface area contributed by atoms with Gasteiger partial charge in [-0.05, 0) is 36.8 Å². The van der Waals surface area contributed by atoms with Gasteiger partial charge in [-0.25, -0.2) is 0 Å². The molecule has 0 bridgehead atoms. The van der Waals surface area contributed by atoms with E-state index in [-0.39, 0.29) is 12.1 Å². The van der Waals surface area contributed by atoms with E-state index in [4.69, 9.17) is 4.74 Å². The SMILES string of the molecule is C=CC1=C[C@H](OC(=O)CCC)C[C@H](C)C1. The van der Waals surface area contributed by atoms with Crippen LogP contribution in [0.2, 0.25) is 0 Å². The van der Waals surface area contributed by atoms with Crippen LogP contribution in [0.15, 0.2) is 24.3 Å². The molecule has 0 N–H and O–H groups in total. The largest absolute Gasteiger partial charge is 0.458 e. The lowest BCUT2D eigenvalue weighted by molar-refractivity contribution is -0.147. The van der Waals surface area contributed by atoms with E-state index in [9.17, 15) is 4.79 Å². The van der Waals surface area contributed by atoms with Crippen molar-refractivity contribution in [1.29, 1.82) is 0 Å². The van der Waals surface area contributed by atoms with Crippen LogP contribution in [-0.4, -0.2) is 12.1 Å². The molecule has 84 valence electrons. The topological polar surface area (TPSA) is 26.3 Å². The van der Waals surface area contributed by atoms with Crippen molar-refractivity contribution in [2.75, 3.05) is 0 Å². The van der Waals surface area contributed by atoms with E-state index in [1.165, 1.54) is 5.57 Å². The molecule has 1 rings (SSSR count). The summed E-state index contributed by atoms with van der Waals surface area (Å²) in [5.41, 5.74) is 1.20. The fourth-order valence-electron chi connectivity index (χ4n) is 1.92. The molecule has 1 aliphatic rings. The summed E-state index contributed by atoms with van der Waals surface area (Å²) in [5, 5.41) is 0. The Balaban J connectivity index is 2.54. The lowest BCUT2D eigenvalue weighted by Gasteiger charge is -2.24. The summed E-state index contributed by atoms with van der Waals surface area (Å²) in [6.07, 6.45) is 7.19. The molecule has 0 fully saturated rings. The van der Waals surface area contributed by atoms with E-state index in [0.29, 0.717) is 12.3 Å². The molecule has 0 heterocycles. The summed E-state index contributed by atoms with van der Waals surface area (Å²) in [5.74, 6) is 0.485. The van der Waals surface area contributed by atoms with Crippen molar-refractivity contribution in [2.45, 2.75) is 45.6 Å². The van der Waals surface area contributed by atoms with Crippen LogP contribution in [0.4, 0.5) is 0 Å². The summed E-state index contributed by atoms with van der Waals surface area (Å²) in [7, 11) is 0. The van der Waals surface area contributed by atoms with Crippen molar-refractivity contribution < 1.29 is 9.53 Å². The average molecular weight is 208 g/mol. The second-order valence-electron chi connectivity index (χ2n) is 4.27. The average Bonchev–Trinajstić information content (AvgIpc) is 2.17. The third-order valence-electron chi connectivity index (χ3n) is 2.62. The Morgan fingerprint density at radius 1 is 1.73 bits per heavy atom. The van der Waals surface area contributed by atoms with Gasteiger partial charge in [-0.1, -0.05) is 26.5 Å². The van der Waals surface area contributed by atoms with Crippen LogP contribution >= 0.6 is 0 Å². The zero-order valence-electron chi connectivity index (χ0n) is 9.66. The molecule has 0 aromatic heterocycles. The zero-order chi connectivity index (χ0) is 11.3. The predicted octanol–water partition coefficient (Wildman–Crippen LogP) is 3.24. The number of carbonyl (C=O) groups is 1. The Morgan fingerprint density at radius 2 is 2.47 bits per heavy atom. The van der Waals surface area contributed by atoms with Gasteiger partial charge in [0.2, 0.25) is 0 Å². The highest BCUT2D eigenvalue weighted by atomic mass is 16.5. The maximum Gasteiger partial charge on any atom is 0.306 e. The van der Waals surface area contributed by atoms with Crippen LogP contribution in [-0.2, 0) is 9.53 Å². The highest BCUT2D eigenvalue weighted by molar-refractivity contribution is 5.69. The number of hydrogen-bond donors (Lipinski definition) is 0. The van der Waals surface area contributed by atoms with Crippen molar-refractivity contribution in [2.24, 2.45) is 5.92 Å². The van der Waals surface area contributed by atoms with Gasteiger partial charge in [-0.2, -0.15) is 0 Å². The van der Waals surface area contributed by atoms with Crippen molar-refractivity contribution in [3.63, 3.8) is 0 Å². The third kappa shape index (κ3) is 3.90. The van der Waals surface area contributed by atoms with Gasteiger partial charge in [0.05, 0.1) is 0 Å². The molecule has 0 aliphatic heterocycles. The van der Waals surface area contributed by atoms with E-state index >= 15 is 0 Å². The number of rotatable bonds is 4. The van der Waals surface area contributed by atoms with Crippen LogP contribution in [0.1, 0.15) is 39.5 Å². The number of esters is 1. The number of ether oxygens (including phenoxy) is 1. The maximum absolute atomic E-state index is 11.3. The normalized spacial score (nSPS) is 25.6. The first kappa shape index (κ1) is 12.0. The molecule has 0 spiro atoms. The van der Waals surface area contributed by atoms with E-state index in [1.54, 1.807) is 0 Å². The van der Waals surface area contributed by atoms with Gasteiger partial charge in [0.25, 0.3) is 0 Å². The Labute approximate surface area is 92.0 Å². The van der Waals surface area contributed by atoms with Crippen LogP contribution in [0, 0.1) is 5.92 Å². The molecular weight excluding hydrogens is 188 g/mol. The van der Waals surface area contributed by atoms with E-state index < -0.39 is 0 Å². The Hall–Kier alpha value is -1.05. The van der Waals surface area contributed by atoms with Gasteiger partial charge in [0.1, 0.15) is 6.10 Å². The lowest BCUT2D eigenvalue weighted by atomic mass is 9.88. The smallest absolute Gasteiger partial charge is 0.306 e. The third-order valence-corrected chi connectivity index (χ3v) is 2.62. The van der Waals surface area contributed by atoms with Crippen molar-refractivity contribution in [1.82, 2.24) is 0 Å². The molecule has 0 radical (unpaired) electrons. The molecule has 0 aromatic rings. The van der Waals surface area contributed by atoms with Crippen LogP contribution in [0.25, 0.3) is 0 Å². The standard InChI is InChI=1S/C13H20O2/c1-4-6-13(14)15-12-8-10(3)7-11(5-2)9-12/h5,9-10,12H,2,4,6-8H2,1,3H3/t10-,12-/m1/s1. The minimum atomic E-state index is -0.0868. The molecule has 15 heavy (non-hydrogen) atoms. The van der Waals surface area contributed by atoms with E-state index in [1.807, 2.05) is 19.1 Å². The molecule has 2 nitrogen and oxygen atoms in total. The van der Waals surface area contributed by atoms with E-state index in [0.717, 1.165) is 19.3 Å². The quantitative estimate of drug-likeness (QED) is 0.663. The zero-order valence-corrected chi connectivity index (χ0v) is 9.66. The van der Waals surface area contributed by atoms with Crippen molar-refractivity contribution >= 4 is 5.97 Å². The fourth-order valence-corrected chi connectivity index (χ4v) is 1.92. The Kier molecular flexibility index (Phi) is 4.60. The first-order valence-corrected chi connectivity index (χ1v) is 5.68. The molecule has 0 amide bonds. The first-order valence-electron chi connectivity index (χ1n) is 5.68. The molecule has 2 atom stereocenters. The summed E-state index contributed by atoms with van der Waals surface area (Å²) >= 11 is 0. The number of carbonyl (C=O) groups excluding carboxylic acids is 1. The number of hydrogen-bond acceptors (Lipinski definition) is 2. The highest BCUT2D eigenvalue weighted by Crippen LogP contribution is 2.26. The molecule has 0 saturated heterocycles. The second-order valence-corrected chi connectivity index (χ2v) is 4.27. The van der Waals surface area contributed by atoms with Crippen LogP contribution < -0.4 is 0 Å². The molecule has 2 heteroatoms. The summed E-state index contributed by atoms with van der Waals surface area (Å²) in [6, 6.07) is 0. The molecule has 0 aromatic carbocycles. The van der Waals surface area contributed by atoms with Gasteiger partial charge in [-0.3, -0.25) is 4.79 Å². The number of allylic oxidation sites excluding steroid dienone is 2. The van der Waals surface area contributed by atoms with Gasteiger partial charge < -0.3 is 4.74 Å². The summed E-state index contributed by atoms with van der Waals surface area (Å²) in [4.78, 5) is 11.3. The van der Waals surface area contributed by atoms with E-state index in [2.05, 4.69) is 13.5 Å². The lowest BCUT2D eigenvalue weighted by Crippen LogP contribution is -2.22. The van der Waals surface area contributed by atoms with Gasteiger partial charge >= 0.3 is 5.97 Å². The Bertz CT molecular complexity index is 266. The minimum Gasteiger partial charge on any atom is -0.458 e. The molecule has 0 saturated carbocycles. The van der Waals surface area contributed by atoms with Crippen molar-refractivity contribution in [3.05, 3.63) is 24.3 Å². The highest BCUT2D eigenvalue weighted by Gasteiger charge is 2.20. The first-order chi connectivity index (χ1) is 7.15. The molecule has 1 aliphatic carbocycles. The van der Waals surface area contributed by atoms with Gasteiger partial charge in [0.15, 0.2) is 0 Å². The summed E-state index contributed by atoms with van der Waals surface area (Å²) in [6.45, 7) is 7.92. The molecule has 0 unspecified atom stereocenters. The van der Waals surface area contributed by atoms with Crippen molar-refractivity contribution in [3.8, 4) is 0 Å². The molecular formula is C13H20O2. The summed E-state index contributed by atoms with van der Waals surface area (Å²) < 4.78 is 5.37. The predicted molar refractivity (Wildman–Crippen MR) is 61.5 cm³/mol. The second kappa shape index (κ2) is 5.74. The fraction of sp³-hybridized carbons (Fsp3) is 0.615. The minimum absolute atomic E-state index is 0.0409. The monoisotopic (exact) mass is 208 g/mol. The van der Waals surface area contributed by atoms with Gasteiger partial charge in [0, 0.05) is 6.42 Å².